The smallest absolute Gasteiger partial charge is 0.329 e. The monoisotopic (exact) mass is 406 g/mol. The molecule has 0 atom stereocenters. The zero-order valence-electron chi connectivity index (χ0n) is 14.4. The van der Waals surface area contributed by atoms with Gasteiger partial charge in [0, 0.05) is 49.1 Å². The normalized spacial score (nSPS) is 11.4. The van der Waals surface area contributed by atoms with Gasteiger partial charge in [-0.15, -0.1) is 0 Å². The summed E-state index contributed by atoms with van der Waals surface area (Å²) in [5.74, 6) is -6.47. The molecule has 0 aliphatic heterocycles. The van der Waals surface area contributed by atoms with Crippen LogP contribution in [0.4, 0.5) is 17.8 Å². The SMILES string of the molecule is Nc1nc(N(C=CC(=O)O)C=CC(=O)O)nc(N(C=CC(=O)O)C=CC(=O)O)n1. The van der Waals surface area contributed by atoms with E-state index < -0.39 is 29.8 Å². The van der Waals surface area contributed by atoms with Crippen LogP contribution in [0.3, 0.4) is 0 Å². The molecule has 0 amide bonds. The first-order valence-electron chi connectivity index (χ1n) is 7.31. The number of hydrogen-bond acceptors (Lipinski definition) is 10. The minimum absolute atomic E-state index is 0.333. The molecule has 0 fully saturated rings. The summed E-state index contributed by atoms with van der Waals surface area (Å²) in [5.41, 5.74) is 5.58. The molecule has 0 radical (unpaired) electrons. The van der Waals surface area contributed by atoms with Crippen LogP contribution in [-0.2, 0) is 19.2 Å². The van der Waals surface area contributed by atoms with Gasteiger partial charge in [-0.25, -0.2) is 19.2 Å². The van der Waals surface area contributed by atoms with Crippen LogP contribution in [0.15, 0.2) is 49.1 Å². The Kier molecular flexibility index (Phi) is 8.00. The Hall–Kier alpha value is -4.75. The molecule has 0 spiro atoms. The van der Waals surface area contributed by atoms with Gasteiger partial charge in [0.15, 0.2) is 0 Å². The third-order valence-corrected chi connectivity index (χ3v) is 2.60. The van der Waals surface area contributed by atoms with Gasteiger partial charge in [0.2, 0.25) is 17.8 Å². The summed E-state index contributed by atoms with van der Waals surface area (Å²) in [6.45, 7) is 0. The van der Waals surface area contributed by atoms with E-state index >= 15 is 0 Å². The highest BCUT2D eigenvalue weighted by Gasteiger charge is 2.13. The van der Waals surface area contributed by atoms with Crippen molar-refractivity contribution in [2.24, 2.45) is 0 Å². The molecule has 0 bridgehead atoms. The highest BCUT2D eigenvalue weighted by molar-refractivity contribution is 5.83. The number of carbonyl (C=O) groups is 4. The van der Waals surface area contributed by atoms with Crippen molar-refractivity contribution in [3.05, 3.63) is 49.1 Å². The highest BCUT2D eigenvalue weighted by Crippen LogP contribution is 2.17. The van der Waals surface area contributed by atoms with E-state index in [4.69, 9.17) is 26.2 Å². The molecule has 0 saturated heterocycles. The van der Waals surface area contributed by atoms with Gasteiger partial charge in [-0.05, 0) is 0 Å². The summed E-state index contributed by atoms with van der Waals surface area (Å²) in [6.07, 6.45) is 6.35. The summed E-state index contributed by atoms with van der Waals surface area (Å²) in [4.78, 5) is 56.2. The van der Waals surface area contributed by atoms with E-state index in [2.05, 4.69) is 15.0 Å². The molecular weight excluding hydrogens is 392 g/mol. The lowest BCUT2D eigenvalue weighted by Crippen LogP contribution is -2.19. The lowest BCUT2D eigenvalue weighted by Gasteiger charge is -2.17. The molecule has 0 unspecified atom stereocenters. The molecule has 29 heavy (non-hydrogen) atoms. The largest absolute Gasteiger partial charge is 0.478 e. The van der Waals surface area contributed by atoms with Crippen LogP contribution in [0, 0.1) is 0 Å². The second kappa shape index (κ2) is 10.4. The lowest BCUT2D eigenvalue weighted by atomic mass is 10.5. The van der Waals surface area contributed by atoms with Crippen LogP contribution in [-0.4, -0.2) is 59.3 Å². The Bertz CT molecular complexity index is 805. The number of carboxylic acid groups (broad SMARTS) is 4. The first-order chi connectivity index (χ1) is 13.6. The van der Waals surface area contributed by atoms with Crippen molar-refractivity contribution in [3.8, 4) is 0 Å². The maximum Gasteiger partial charge on any atom is 0.329 e. The molecule has 1 heterocycles. The van der Waals surface area contributed by atoms with Crippen LogP contribution in [0.1, 0.15) is 0 Å². The average molecular weight is 406 g/mol. The van der Waals surface area contributed by atoms with Crippen molar-refractivity contribution >= 4 is 41.7 Å². The fourth-order valence-electron chi connectivity index (χ4n) is 1.54. The molecule has 1 aromatic rings. The lowest BCUT2D eigenvalue weighted by molar-refractivity contribution is -0.132. The molecule has 0 aromatic carbocycles. The molecule has 152 valence electrons. The van der Waals surface area contributed by atoms with E-state index in [1.807, 2.05) is 0 Å². The van der Waals surface area contributed by atoms with Crippen molar-refractivity contribution in [2.75, 3.05) is 15.5 Å². The molecule has 14 heteroatoms. The Morgan fingerprint density at radius 3 is 1.14 bits per heavy atom. The predicted molar refractivity (Wildman–Crippen MR) is 96.3 cm³/mol. The number of aliphatic carboxylic acids is 4. The fraction of sp³-hybridized carbons (Fsp3) is 0. The number of nitrogen functional groups attached to an aromatic ring is 1. The van der Waals surface area contributed by atoms with Gasteiger partial charge in [-0.1, -0.05) is 0 Å². The second-order valence-electron chi connectivity index (χ2n) is 4.72. The summed E-state index contributed by atoms with van der Waals surface area (Å²) >= 11 is 0. The topological polar surface area (TPSA) is 220 Å². The van der Waals surface area contributed by atoms with Crippen molar-refractivity contribution < 1.29 is 39.6 Å². The number of nitrogens with two attached hydrogens (primary N) is 1. The number of aromatic nitrogens is 3. The molecule has 1 rings (SSSR count). The van der Waals surface area contributed by atoms with Crippen LogP contribution >= 0.6 is 0 Å². The van der Waals surface area contributed by atoms with Gasteiger partial charge in [0.25, 0.3) is 0 Å². The molecule has 0 saturated carbocycles. The molecule has 14 nitrogen and oxygen atoms in total. The number of rotatable bonds is 10. The quantitative estimate of drug-likeness (QED) is 0.308. The third-order valence-electron chi connectivity index (χ3n) is 2.60. The van der Waals surface area contributed by atoms with Gasteiger partial charge >= 0.3 is 23.9 Å². The van der Waals surface area contributed by atoms with Crippen LogP contribution < -0.4 is 15.5 Å². The van der Waals surface area contributed by atoms with E-state index in [9.17, 15) is 19.2 Å². The van der Waals surface area contributed by atoms with Gasteiger partial charge in [-0.2, -0.15) is 15.0 Å². The van der Waals surface area contributed by atoms with Gasteiger partial charge in [0.05, 0.1) is 0 Å². The average Bonchev–Trinajstić information content (AvgIpc) is 2.60. The Labute approximate surface area is 161 Å². The Morgan fingerprint density at radius 2 is 0.897 bits per heavy atom. The maximum atomic E-state index is 10.7. The van der Waals surface area contributed by atoms with E-state index in [0.717, 1.165) is 34.6 Å². The van der Waals surface area contributed by atoms with Crippen molar-refractivity contribution in [1.29, 1.82) is 0 Å². The Balaban J connectivity index is 3.48. The van der Waals surface area contributed by atoms with E-state index in [1.54, 1.807) is 0 Å². The minimum atomic E-state index is -1.35. The molecule has 6 N–H and O–H groups in total. The van der Waals surface area contributed by atoms with Crippen LogP contribution in [0.2, 0.25) is 0 Å². The predicted octanol–water partition coefficient (Wildman–Crippen LogP) is -0.540. The second-order valence-corrected chi connectivity index (χ2v) is 4.72. The van der Waals surface area contributed by atoms with Crippen molar-refractivity contribution in [1.82, 2.24) is 15.0 Å². The Morgan fingerprint density at radius 1 is 0.621 bits per heavy atom. The summed E-state index contributed by atoms with van der Waals surface area (Å²) < 4.78 is 0. The van der Waals surface area contributed by atoms with Crippen LogP contribution in [0.5, 0.6) is 0 Å². The third kappa shape index (κ3) is 8.45. The molecular formula is C15H14N6O8. The van der Waals surface area contributed by atoms with Gasteiger partial charge < -0.3 is 26.2 Å². The number of anilines is 3. The van der Waals surface area contributed by atoms with E-state index in [1.165, 1.54) is 0 Å². The van der Waals surface area contributed by atoms with Gasteiger partial charge in [-0.3, -0.25) is 9.80 Å². The van der Waals surface area contributed by atoms with E-state index in [-0.39, 0.29) is 11.9 Å². The molecule has 1 aromatic heterocycles. The standard InChI is InChI=1S/C15H14N6O8/c16-13-17-14(20(5-1-9(22)23)6-2-10(24)25)19-15(18-13)21(7-3-11(26)27)8-4-12(28)29/h1-8H,(H,22,23)(H,24,25)(H,26,27)(H,28,29)(H2,16,17,18,19). The van der Waals surface area contributed by atoms with Crippen LogP contribution in [0.25, 0.3) is 0 Å². The molecule has 0 aliphatic carbocycles. The minimum Gasteiger partial charge on any atom is -0.478 e. The summed E-state index contributed by atoms with van der Waals surface area (Å²) in [6, 6.07) is 0. The first kappa shape index (κ1) is 22.3. The molecule has 0 aliphatic rings. The zero-order valence-corrected chi connectivity index (χ0v) is 14.4. The van der Waals surface area contributed by atoms with Crippen molar-refractivity contribution in [3.63, 3.8) is 0 Å². The zero-order chi connectivity index (χ0) is 22.0. The van der Waals surface area contributed by atoms with Crippen molar-refractivity contribution in [2.45, 2.75) is 0 Å². The highest BCUT2D eigenvalue weighted by atomic mass is 16.4. The number of nitrogens with zero attached hydrogens (tertiary/aromatic N) is 5. The summed E-state index contributed by atoms with van der Waals surface area (Å²) in [7, 11) is 0. The number of hydrogen-bond donors (Lipinski definition) is 5. The number of carboxylic acids is 4. The van der Waals surface area contributed by atoms with Gasteiger partial charge in [0.1, 0.15) is 0 Å². The summed E-state index contributed by atoms with van der Waals surface area (Å²) in [5, 5.41) is 35.0. The first-order valence-corrected chi connectivity index (χ1v) is 7.31. The van der Waals surface area contributed by atoms with E-state index in [0.29, 0.717) is 24.3 Å². The fourth-order valence-corrected chi connectivity index (χ4v) is 1.54. The maximum absolute atomic E-state index is 10.7.